The Kier molecular flexibility index (Phi) is 8.57. The van der Waals surface area contributed by atoms with Gasteiger partial charge in [0.2, 0.25) is 0 Å². The summed E-state index contributed by atoms with van der Waals surface area (Å²) in [6.07, 6.45) is 4.30. The van der Waals surface area contributed by atoms with E-state index in [1.54, 1.807) is 19.4 Å². The predicted octanol–water partition coefficient (Wildman–Crippen LogP) is 5.83. The quantitative estimate of drug-likeness (QED) is 0.414. The highest BCUT2D eigenvalue weighted by molar-refractivity contribution is 7.79. The fourth-order valence-electron chi connectivity index (χ4n) is 3.23. The van der Waals surface area contributed by atoms with Gasteiger partial charge in [0.05, 0.1) is 12.2 Å². The number of aromatic nitrogens is 1. The number of carbonyl (C=O) groups excluding carboxylic acids is 1. The van der Waals surface area contributed by atoms with Crippen LogP contribution in [0.15, 0.2) is 60.8 Å². The molecule has 0 aliphatic rings. The van der Waals surface area contributed by atoms with Gasteiger partial charge in [-0.1, -0.05) is 61.5 Å². The van der Waals surface area contributed by atoms with Gasteiger partial charge in [-0.25, -0.2) is 4.79 Å². The molecule has 0 aliphatic carbocycles. The van der Waals surface area contributed by atoms with Gasteiger partial charge in [-0.15, -0.1) is 0 Å². The van der Waals surface area contributed by atoms with Crippen molar-refractivity contribution in [1.29, 1.82) is 5.26 Å². The third-order valence-electron chi connectivity index (χ3n) is 4.41. The Morgan fingerprint density at radius 2 is 1.59 bits per heavy atom. The van der Waals surface area contributed by atoms with E-state index in [2.05, 4.69) is 30.8 Å². The molecule has 0 radical (unpaired) electrons. The van der Waals surface area contributed by atoms with Crippen LogP contribution in [0, 0.1) is 11.3 Å². The molecule has 0 atom stereocenters. The topological polar surface area (TPSA) is 55.0 Å². The number of benzene rings is 2. The van der Waals surface area contributed by atoms with Crippen molar-refractivity contribution in [3.05, 3.63) is 72.1 Å². The molecule has 0 aliphatic heterocycles. The first-order valence-corrected chi connectivity index (χ1v) is 10.5. The van der Waals surface area contributed by atoms with Gasteiger partial charge in [-0.05, 0) is 36.3 Å². The molecule has 0 fully saturated rings. The molecule has 0 unspecified atom stereocenters. The average Bonchev–Trinajstić information content (AvgIpc) is 3.15. The van der Waals surface area contributed by atoms with E-state index < -0.39 is 5.97 Å². The minimum absolute atomic E-state index is 0.296. The second-order valence-electron chi connectivity index (χ2n) is 6.24. The highest BCUT2D eigenvalue weighted by atomic mass is 32.1. The van der Waals surface area contributed by atoms with Crippen molar-refractivity contribution >= 4 is 18.6 Å². The normalized spacial score (nSPS) is 9.90. The van der Waals surface area contributed by atoms with Crippen LogP contribution in [0.1, 0.15) is 36.3 Å². The van der Waals surface area contributed by atoms with Crippen LogP contribution in [-0.4, -0.2) is 23.4 Å². The summed E-state index contributed by atoms with van der Waals surface area (Å²) in [4.78, 5) is 12.6. The molecule has 5 heteroatoms. The van der Waals surface area contributed by atoms with Crippen molar-refractivity contribution in [3.8, 4) is 28.3 Å². The number of hydrogen-bond donors (Lipinski definition) is 1. The monoisotopic (exact) mass is 406 g/mol. The minimum Gasteiger partial charge on any atom is -0.461 e. The fourth-order valence-corrected chi connectivity index (χ4v) is 3.23. The van der Waals surface area contributed by atoms with Crippen molar-refractivity contribution in [3.63, 3.8) is 0 Å². The van der Waals surface area contributed by atoms with Crippen molar-refractivity contribution in [1.82, 2.24) is 4.57 Å². The molecule has 3 rings (SSSR count). The van der Waals surface area contributed by atoms with E-state index in [0.29, 0.717) is 30.0 Å². The lowest BCUT2D eigenvalue weighted by molar-refractivity contribution is 0.0514. The van der Waals surface area contributed by atoms with E-state index in [1.165, 1.54) is 0 Å². The molecular formula is C24H26N2O2S. The summed E-state index contributed by atoms with van der Waals surface area (Å²) in [5.41, 5.74) is 4.62. The molecule has 0 amide bonds. The molecule has 4 nitrogen and oxygen atoms in total. The van der Waals surface area contributed by atoms with Crippen LogP contribution in [0.3, 0.4) is 0 Å². The second-order valence-corrected chi connectivity index (χ2v) is 6.24. The Bertz CT molecular complexity index is 971. The molecule has 1 aromatic heterocycles. The summed E-state index contributed by atoms with van der Waals surface area (Å²) in [6.45, 7) is 4.77. The van der Waals surface area contributed by atoms with Crippen molar-refractivity contribution in [2.45, 2.75) is 26.8 Å². The van der Waals surface area contributed by atoms with Crippen LogP contribution in [0.25, 0.3) is 22.3 Å². The van der Waals surface area contributed by atoms with Gasteiger partial charge >= 0.3 is 5.97 Å². The molecule has 150 valence electrons. The SMILES string of the molecule is CCCn1cc(C#N)c(-c2ccc(-c3ccccc3)cc2)c1C(=O)OCC.CS. The second kappa shape index (κ2) is 11.1. The molecule has 0 saturated carbocycles. The van der Waals surface area contributed by atoms with Gasteiger partial charge in [-0.2, -0.15) is 17.9 Å². The van der Waals surface area contributed by atoms with Crippen LogP contribution >= 0.6 is 12.6 Å². The molecule has 0 bridgehead atoms. The Morgan fingerprint density at radius 1 is 1.00 bits per heavy atom. The van der Waals surface area contributed by atoms with Gasteiger partial charge in [0, 0.05) is 18.3 Å². The highest BCUT2D eigenvalue weighted by Gasteiger charge is 2.24. The van der Waals surface area contributed by atoms with Crippen molar-refractivity contribution in [2.75, 3.05) is 12.9 Å². The van der Waals surface area contributed by atoms with Crippen molar-refractivity contribution in [2.24, 2.45) is 0 Å². The van der Waals surface area contributed by atoms with Gasteiger partial charge in [0.1, 0.15) is 11.8 Å². The van der Waals surface area contributed by atoms with Crippen LogP contribution in [0.4, 0.5) is 0 Å². The molecular weight excluding hydrogens is 380 g/mol. The number of hydrogen-bond acceptors (Lipinski definition) is 4. The molecule has 29 heavy (non-hydrogen) atoms. The maximum Gasteiger partial charge on any atom is 0.355 e. The summed E-state index contributed by atoms with van der Waals surface area (Å²) in [5.74, 6) is -0.394. The van der Waals surface area contributed by atoms with Crippen LogP contribution < -0.4 is 0 Å². The van der Waals surface area contributed by atoms with Gasteiger partial charge in [0.25, 0.3) is 0 Å². The van der Waals surface area contributed by atoms with E-state index in [9.17, 15) is 10.1 Å². The zero-order chi connectivity index (χ0) is 21.2. The summed E-state index contributed by atoms with van der Waals surface area (Å²) in [5, 5.41) is 9.61. The number of carbonyl (C=O) groups is 1. The molecule has 0 N–H and O–H groups in total. The summed E-state index contributed by atoms with van der Waals surface area (Å²) < 4.78 is 7.09. The Labute approximate surface area is 178 Å². The number of thiol groups is 1. The Balaban J connectivity index is 0.00000145. The Hall–Kier alpha value is -2.97. The third-order valence-corrected chi connectivity index (χ3v) is 4.41. The molecule has 3 aromatic rings. The van der Waals surface area contributed by atoms with Gasteiger partial charge in [-0.3, -0.25) is 0 Å². The average molecular weight is 407 g/mol. The zero-order valence-corrected chi connectivity index (χ0v) is 17.9. The maximum absolute atomic E-state index is 12.6. The van der Waals surface area contributed by atoms with Crippen LogP contribution in [0.2, 0.25) is 0 Å². The number of rotatable bonds is 6. The molecule has 0 spiro atoms. The Morgan fingerprint density at radius 3 is 2.14 bits per heavy atom. The number of nitriles is 1. The predicted molar refractivity (Wildman–Crippen MR) is 121 cm³/mol. The van der Waals surface area contributed by atoms with Crippen molar-refractivity contribution < 1.29 is 9.53 Å². The van der Waals surface area contributed by atoms with Gasteiger partial charge < -0.3 is 9.30 Å². The standard InChI is InChI=1S/C23H22N2O2.CH4S/c1-3-14-25-16-20(15-24)21(22(25)23(26)27-4-2)19-12-10-18(11-13-19)17-8-6-5-7-9-17;1-2/h5-13,16H,3-4,14H2,1-2H3;2H,1H3. The number of ether oxygens (including phenoxy) is 1. The van der Waals surface area contributed by atoms with E-state index in [-0.39, 0.29) is 0 Å². The summed E-state index contributed by atoms with van der Waals surface area (Å²) >= 11 is 3.53. The van der Waals surface area contributed by atoms with E-state index in [0.717, 1.165) is 23.1 Å². The summed E-state index contributed by atoms with van der Waals surface area (Å²) in [6, 6.07) is 20.3. The minimum atomic E-state index is -0.394. The smallest absolute Gasteiger partial charge is 0.355 e. The first kappa shape index (κ1) is 22.3. The van der Waals surface area contributed by atoms with Crippen LogP contribution in [0.5, 0.6) is 0 Å². The third kappa shape index (κ3) is 5.10. The van der Waals surface area contributed by atoms with Gasteiger partial charge in [0.15, 0.2) is 0 Å². The first-order valence-electron chi connectivity index (χ1n) is 9.60. The zero-order valence-electron chi connectivity index (χ0n) is 17.1. The van der Waals surface area contributed by atoms with E-state index in [4.69, 9.17) is 4.74 Å². The lowest BCUT2D eigenvalue weighted by Crippen LogP contribution is -2.13. The van der Waals surface area contributed by atoms with Crippen LogP contribution in [-0.2, 0) is 11.3 Å². The lowest BCUT2D eigenvalue weighted by atomic mass is 9.98. The lowest BCUT2D eigenvalue weighted by Gasteiger charge is -2.10. The fraction of sp³-hybridized carbons (Fsp3) is 0.250. The van der Waals surface area contributed by atoms with E-state index in [1.807, 2.05) is 54.0 Å². The number of nitrogens with zero attached hydrogens (tertiary/aromatic N) is 2. The first-order chi connectivity index (χ1) is 14.2. The number of aryl methyl sites for hydroxylation is 1. The maximum atomic E-state index is 12.6. The number of esters is 1. The molecule has 1 heterocycles. The highest BCUT2D eigenvalue weighted by Crippen LogP contribution is 2.32. The van der Waals surface area contributed by atoms with E-state index >= 15 is 0 Å². The molecule has 0 saturated heterocycles. The summed E-state index contributed by atoms with van der Waals surface area (Å²) in [7, 11) is 0. The molecule has 2 aromatic carbocycles. The largest absolute Gasteiger partial charge is 0.461 e.